The Labute approximate surface area is 186 Å². The van der Waals surface area contributed by atoms with Crippen LogP contribution in [0.1, 0.15) is 12.0 Å². The van der Waals surface area contributed by atoms with Crippen LogP contribution < -0.4 is 15.5 Å². The van der Waals surface area contributed by atoms with Crippen LogP contribution in [0.25, 0.3) is 33.7 Å². The molecule has 1 aromatic heterocycles. The lowest BCUT2D eigenvalue weighted by Crippen LogP contribution is -2.38. The van der Waals surface area contributed by atoms with Crippen molar-refractivity contribution in [2.45, 2.75) is 12.5 Å². The molecule has 152 valence electrons. The van der Waals surface area contributed by atoms with Crippen molar-refractivity contribution in [1.82, 2.24) is 4.98 Å². The number of rotatable bonds is 2. The first-order valence-corrected chi connectivity index (χ1v) is 11.2. The summed E-state index contributed by atoms with van der Waals surface area (Å²) < 4.78 is 0. The van der Waals surface area contributed by atoms with E-state index in [-0.39, 0.29) is 0 Å². The van der Waals surface area contributed by atoms with E-state index in [1.807, 2.05) is 0 Å². The molecule has 0 bridgehead atoms. The number of anilines is 2. The summed E-state index contributed by atoms with van der Waals surface area (Å²) in [4.78, 5) is 6.25. The lowest BCUT2D eigenvalue weighted by molar-refractivity contribution is 0.842. The van der Waals surface area contributed by atoms with Crippen molar-refractivity contribution in [3.05, 3.63) is 119 Å². The third kappa shape index (κ3) is 2.47. The molecule has 4 aromatic carbocycles. The molecule has 2 nitrogen and oxygen atoms in total. The molecule has 0 spiro atoms. The van der Waals surface area contributed by atoms with E-state index in [9.17, 15) is 0 Å². The Morgan fingerprint density at radius 1 is 0.688 bits per heavy atom. The van der Waals surface area contributed by atoms with Gasteiger partial charge in [-0.05, 0) is 41.8 Å². The predicted octanol–water partition coefficient (Wildman–Crippen LogP) is 5.74. The quantitative estimate of drug-likeness (QED) is 0.393. The van der Waals surface area contributed by atoms with Crippen LogP contribution in [0.2, 0.25) is 0 Å². The molecule has 2 heteroatoms. The molecular formula is C30H22N2. The molecular weight excluding hydrogens is 388 g/mol. The van der Waals surface area contributed by atoms with E-state index in [0.29, 0.717) is 6.04 Å². The number of hydrogen-bond acceptors (Lipinski definition) is 1. The highest BCUT2D eigenvalue weighted by Gasteiger charge is 2.36. The number of nitrogens with one attached hydrogen (secondary N) is 1. The standard InChI is InChI=1S/C30H22N2/c1-2-8-20(9-3-1)21-14-16-22(17-15-21)32-27-13-7-5-11-25(27)29-28(32)19-18-24-23-10-4-6-12-26(23)31-30(24)29/h1-18,28,31H,19H2. The summed E-state index contributed by atoms with van der Waals surface area (Å²) in [6.45, 7) is 0. The molecule has 32 heavy (non-hydrogen) atoms. The van der Waals surface area contributed by atoms with Gasteiger partial charge in [-0.15, -0.1) is 0 Å². The number of benzene rings is 4. The zero-order chi connectivity index (χ0) is 21.1. The number of aromatic nitrogens is 1. The number of nitrogens with zero attached hydrogens (tertiary/aromatic N) is 1. The molecule has 2 heterocycles. The fourth-order valence-electron chi connectivity index (χ4n) is 5.49. The Kier molecular flexibility index (Phi) is 3.71. The molecule has 0 radical (unpaired) electrons. The fraction of sp³-hybridized carbons (Fsp3) is 0.0667. The summed E-state index contributed by atoms with van der Waals surface area (Å²) in [5, 5.41) is 3.94. The minimum absolute atomic E-state index is 0.301. The summed E-state index contributed by atoms with van der Waals surface area (Å²) in [5.41, 5.74) is 9.00. The number of para-hydroxylation sites is 2. The van der Waals surface area contributed by atoms with Crippen molar-refractivity contribution < 1.29 is 0 Å². The third-order valence-corrected chi connectivity index (χ3v) is 6.91. The maximum atomic E-state index is 3.74. The molecule has 1 unspecified atom stereocenters. The lowest BCUT2D eigenvalue weighted by Gasteiger charge is -2.28. The van der Waals surface area contributed by atoms with Gasteiger partial charge in [-0.1, -0.05) is 84.9 Å². The highest BCUT2D eigenvalue weighted by Crippen LogP contribution is 2.45. The molecule has 7 rings (SSSR count). The van der Waals surface area contributed by atoms with Gasteiger partial charge in [0.05, 0.1) is 11.4 Å². The van der Waals surface area contributed by atoms with Crippen molar-refractivity contribution >= 4 is 33.9 Å². The molecule has 0 amide bonds. The van der Waals surface area contributed by atoms with Gasteiger partial charge in [-0.3, -0.25) is 0 Å². The smallest absolute Gasteiger partial charge is 0.0653 e. The Bertz CT molecular complexity index is 1590. The number of hydrogen-bond donors (Lipinski definition) is 1. The van der Waals surface area contributed by atoms with Crippen LogP contribution in [0.3, 0.4) is 0 Å². The predicted molar refractivity (Wildman–Crippen MR) is 133 cm³/mol. The minimum Gasteiger partial charge on any atom is -0.354 e. The average Bonchev–Trinajstić information content (AvgIpc) is 3.40. The van der Waals surface area contributed by atoms with Crippen LogP contribution in [0, 0.1) is 0 Å². The summed E-state index contributed by atoms with van der Waals surface area (Å²) >= 11 is 0. The van der Waals surface area contributed by atoms with Crippen molar-refractivity contribution in [2.75, 3.05) is 4.90 Å². The molecule has 0 saturated heterocycles. The highest BCUT2D eigenvalue weighted by atomic mass is 15.2. The van der Waals surface area contributed by atoms with Crippen LogP contribution in [0.5, 0.6) is 0 Å². The van der Waals surface area contributed by atoms with Gasteiger partial charge in [0.25, 0.3) is 0 Å². The van der Waals surface area contributed by atoms with Gasteiger partial charge in [-0.2, -0.15) is 0 Å². The van der Waals surface area contributed by atoms with Gasteiger partial charge in [0.2, 0.25) is 0 Å². The van der Waals surface area contributed by atoms with Gasteiger partial charge in [0.1, 0.15) is 0 Å². The van der Waals surface area contributed by atoms with Crippen LogP contribution >= 0.6 is 0 Å². The first-order valence-electron chi connectivity index (χ1n) is 11.2. The minimum atomic E-state index is 0.301. The van der Waals surface area contributed by atoms with Crippen LogP contribution in [0.4, 0.5) is 11.4 Å². The number of H-pyrrole nitrogens is 1. The molecule has 1 aliphatic carbocycles. The van der Waals surface area contributed by atoms with Crippen LogP contribution in [-0.2, 0) is 0 Å². The molecule has 0 fully saturated rings. The van der Waals surface area contributed by atoms with Gasteiger partial charge >= 0.3 is 0 Å². The third-order valence-electron chi connectivity index (χ3n) is 6.91. The Morgan fingerprint density at radius 2 is 1.41 bits per heavy atom. The van der Waals surface area contributed by atoms with Gasteiger partial charge < -0.3 is 9.88 Å². The highest BCUT2D eigenvalue weighted by molar-refractivity contribution is 5.95. The number of aromatic amines is 1. The van der Waals surface area contributed by atoms with Crippen molar-refractivity contribution in [3.8, 4) is 11.1 Å². The topological polar surface area (TPSA) is 19.0 Å². The van der Waals surface area contributed by atoms with Crippen molar-refractivity contribution in [1.29, 1.82) is 0 Å². The van der Waals surface area contributed by atoms with E-state index in [2.05, 4.69) is 119 Å². The van der Waals surface area contributed by atoms with E-state index < -0.39 is 0 Å². The Hall–Kier alpha value is -4.04. The van der Waals surface area contributed by atoms with Crippen LogP contribution in [0.15, 0.2) is 103 Å². The van der Waals surface area contributed by atoms with Gasteiger partial charge in [0.15, 0.2) is 0 Å². The van der Waals surface area contributed by atoms with E-state index in [4.69, 9.17) is 0 Å². The van der Waals surface area contributed by atoms with Gasteiger partial charge in [0, 0.05) is 38.6 Å². The van der Waals surface area contributed by atoms with Crippen molar-refractivity contribution in [3.63, 3.8) is 0 Å². The second-order valence-electron chi connectivity index (χ2n) is 8.63. The second-order valence-corrected chi connectivity index (χ2v) is 8.63. The Morgan fingerprint density at radius 3 is 2.28 bits per heavy atom. The molecule has 1 atom stereocenters. The molecule has 1 N–H and O–H groups in total. The molecule has 1 aliphatic heterocycles. The normalized spacial score (nSPS) is 16.4. The summed E-state index contributed by atoms with van der Waals surface area (Å²) in [7, 11) is 0. The fourth-order valence-corrected chi connectivity index (χ4v) is 5.49. The SMILES string of the molecule is C1=c2c([nH]c3ccccc23)=C2c3ccccc3N(c3ccc(-c4ccccc4)cc3)C2C1. The number of fused-ring (bicyclic) bond motifs is 6. The largest absolute Gasteiger partial charge is 0.354 e. The van der Waals surface area contributed by atoms with E-state index in [1.165, 1.54) is 55.1 Å². The zero-order valence-electron chi connectivity index (χ0n) is 17.6. The van der Waals surface area contributed by atoms with E-state index in [1.54, 1.807) is 0 Å². The molecule has 5 aromatic rings. The molecule has 2 aliphatic rings. The van der Waals surface area contributed by atoms with Crippen molar-refractivity contribution in [2.24, 2.45) is 0 Å². The maximum absolute atomic E-state index is 3.74. The lowest BCUT2D eigenvalue weighted by atomic mass is 9.94. The van der Waals surface area contributed by atoms with Gasteiger partial charge in [-0.25, -0.2) is 0 Å². The average molecular weight is 411 g/mol. The summed E-state index contributed by atoms with van der Waals surface area (Å²) in [6.07, 6.45) is 3.42. The monoisotopic (exact) mass is 410 g/mol. The summed E-state index contributed by atoms with van der Waals surface area (Å²) in [5.74, 6) is 0. The van der Waals surface area contributed by atoms with Crippen LogP contribution in [-0.4, -0.2) is 11.0 Å². The summed E-state index contributed by atoms with van der Waals surface area (Å²) in [6, 6.07) is 37.4. The second kappa shape index (κ2) is 6.73. The first-order chi connectivity index (χ1) is 15.9. The zero-order valence-corrected chi connectivity index (χ0v) is 17.6. The maximum Gasteiger partial charge on any atom is 0.0653 e. The van der Waals surface area contributed by atoms with E-state index in [0.717, 1.165) is 6.42 Å². The Balaban J connectivity index is 1.42. The molecule has 0 saturated carbocycles. The first kappa shape index (κ1) is 17.6. The van der Waals surface area contributed by atoms with E-state index >= 15 is 0 Å².